The van der Waals surface area contributed by atoms with E-state index >= 15 is 0 Å². The number of rotatable bonds is 4. The normalized spacial score (nSPS) is 18.6. The van der Waals surface area contributed by atoms with Crippen molar-refractivity contribution in [2.75, 3.05) is 0 Å². The Hall–Kier alpha value is -2.17. The fraction of sp³-hybridized carbons (Fsp3) is 0.357. The molecule has 1 unspecified atom stereocenters. The number of carboxylic acid groups (broad SMARTS) is 1. The quantitative estimate of drug-likeness (QED) is 0.884. The number of hydrogen-bond acceptors (Lipinski definition) is 3. The largest absolute Gasteiger partial charge is 0.480 e. The van der Waals surface area contributed by atoms with Crippen molar-refractivity contribution >= 4 is 17.8 Å². The predicted molar refractivity (Wildman–Crippen MR) is 67.3 cm³/mol. The lowest BCUT2D eigenvalue weighted by Crippen LogP contribution is -2.42. The van der Waals surface area contributed by atoms with E-state index in [1.54, 1.807) is 0 Å². The lowest BCUT2D eigenvalue weighted by molar-refractivity contribution is -0.153. The van der Waals surface area contributed by atoms with E-state index in [9.17, 15) is 14.4 Å². The summed E-state index contributed by atoms with van der Waals surface area (Å²) in [7, 11) is 0. The van der Waals surface area contributed by atoms with Gasteiger partial charge in [-0.2, -0.15) is 0 Å². The Morgan fingerprint density at radius 1 is 1.26 bits per heavy atom. The summed E-state index contributed by atoms with van der Waals surface area (Å²) >= 11 is 0. The Bertz CT molecular complexity index is 497. The average molecular weight is 261 g/mol. The second-order valence-corrected chi connectivity index (χ2v) is 4.54. The van der Waals surface area contributed by atoms with Gasteiger partial charge >= 0.3 is 5.97 Å². The zero-order valence-corrected chi connectivity index (χ0v) is 10.4. The number of likely N-dealkylation sites (tertiary alicyclic amines) is 1. The molecule has 1 aliphatic rings. The van der Waals surface area contributed by atoms with E-state index in [0.29, 0.717) is 6.42 Å². The van der Waals surface area contributed by atoms with E-state index in [-0.39, 0.29) is 25.2 Å². The smallest absolute Gasteiger partial charge is 0.326 e. The van der Waals surface area contributed by atoms with Gasteiger partial charge in [0, 0.05) is 12.8 Å². The second-order valence-electron chi connectivity index (χ2n) is 4.54. The van der Waals surface area contributed by atoms with Gasteiger partial charge in [-0.05, 0) is 18.4 Å². The number of amides is 2. The summed E-state index contributed by atoms with van der Waals surface area (Å²) in [5.41, 5.74) is 0.995. The molecular weight excluding hydrogens is 246 g/mol. The van der Waals surface area contributed by atoms with Crippen molar-refractivity contribution in [3.05, 3.63) is 35.9 Å². The fourth-order valence-corrected chi connectivity index (χ4v) is 2.25. The minimum Gasteiger partial charge on any atom is -0.480 e. The second kappa shape index (κ2) is 5.65. The molecule has 1 N–H and O–H groups in total. The molecule has 1 aliphatic heterocycles. The van der Waals surface area contributed by atoms with Crippen molar-refractivity contribution in [2.24, 2.45) is 0 Å². The zero-order chi connectivity index (χ0) is 13.8. The molecule has 1 saturated heterocycles. The molecule has 2 rings (SSSR count). The van der Waals surface area contributed by atoms with Gasteiger partial charge in [0.15, 0.2) is 0 Å². The molecule has 0 spiro atoms. The van der Waals surface area contributed by atoms with Crippen molar-refractivity contribution in [3.8, 4) is 0 Å². The van der Waals surface area contributed by atoms with Crippen LogP contribution in [0.1, 0.15) is 24.8 Å². The number of benzene rings is 1. The third kappa shape index (κ3) is 2.99. The molecule has 0 saturated carbocycles. The third-order valence-corrected chi connectivity index (χ3v) is 3.24. The molecule has 2 amide bonds. The Morgan fingerprint density at radius 2 is 1.95 bits per heavy atom. The van der Waals surface area contributed by atoms with Gasteiger partial charge in [-0.3, -0.25) is 14.5 Å². The summed E-state index contributed by atoms with van der Waals surface area (Å²) in [5, 5.41) is 8.99. The third-order valence-electron chi connectivity index (χ3n) is 3.24. The molecule has 1 aromatic rings. The van der Waals surface area contributed by atoms with E-state index < -0.39 is 17.9 Å². The summed E-state index contributed by atoms with van der Waals surface area (Å²) in [5.74, 6) is -1.90. The van der Waals surface area contributed by atoms with Gasteiger partial charge in [0.1, 0.15) is 6.04 Å². The lowest BCUT2D eigenvalue weighted by Gasteiger charge is -2.19. The van der Waals surface area contributed by atoms with Crippen LogP contribution in [-0.4, -0.2) is 33.8 Å². The molecule has 5 heteroatoms. The number of carboxylic acids is 1. The minimum atomic E-state index is -1.11. The number of hydrogen-bond donors (Lipinski definition) is 1. The molecule has 5 nitrogen and oxygen atoms in total. The number of aryl methyl sites for hydroxylation is 1. The van der Waals surface area contributed by atoms with Crippen molar-refractivity contribution < 1.29 is 19.5 Å². The highest BCUT2D eigenvalue weighted by Crippen LogP contribution is 2.20. The van der Waals surface area contributed by atoms with Crippen LogP contribution in [0.2, 0.25) is 0 Å². The highest BCUT2D eigenvalue weighted by molar-refractivity contribution is 6.01. The van der Waals surface area contributed by atoms with Crippen LogP contribution in [0.5, 0.6) is 0 Å². The summed E-state index contributed by atoms with van der Waals surface area (Å²) in [4.78, 5) is 35.5. The monoisotopic (exact) mass is 261 g/mol. The maximum atomic E-state index is 12.0. The molecule has 1 heterocycles. The maximum Gasteiger partial charge on any atom is 0.326 e. The summed E-state index contributed by atoms with van der Waals surface area (Å²) in [6, 6.07) is 8.44. The standard InChI is InChI=1S/C14H15NO4/c16-12(8-6-10-4-2-1-3-5-10)15-11(14(18)19)7-9-13(15)17/h1-5,11H,6-9H2,(H,18,19). The molecule has 19 heavy (non-hydrogen) atoms. The summed E-state index contributed by atoms with van der Waals surface area (Å²) < 4.78 is 0. The van der Waals surface area contributed by atoms with Crippen molar-refractivity contribution in [1.82, 2.24) is 4.90 Å². The molecule has 1 atom stereocenters. The summed E-state index contributed by atoms with van der Waals surface area (Å²) in [6.07, 6.45) is 1.01. The van der Waals surface area contributed by atoms with E-state index in [1.807, 2.05) is 30.3 Å². The Labute approximate surface area is 110 Å². The molecule has 0 radical (unpaired) electrons. The molecule has 100 valence electrons. The SMILES string of the molecule is O=C(O)C1CCC(=O)N1C(=O)CCc1ccccc1. The fourth-order valence-electron chi connectivity index (χ4n) is 2.25. The topological polar surface area (TPSA) is 74.7 Å². The molecule has 1 fully saturated rings. The van der Waals surface area contributed by atoms with Crippen LogP contribution in [0, 0.1) is 0 Å². The van der Waals surface area contributed by atoms with Crippen LogP contribution in [-0.2, 0) is 20.8 Å². The van der Waals surface area contributed by atoms with E-state index in [4.69, 9.17) is 5.11 Å². The number of nitrogens with zero attached hydrogens (tertiary/aromatic N) is 1. The van der Waals surface area contributed by atoms with E-state index in [2.05, 4.69) is 0 Å². The highest BCUT2D eigenvalue weighted by atomic mass is 16.4. The van der Waals surface area contributed by atoms with Crippen molar-refractivity contribution in [2.45, 2.75) is 31.7 Å². The first-order valence-electron chi connectivity index (χ1n) is 6.21. The molecule has 0 bridgehead atoms. The van der Waals surface area contributed by atoms with Gasteiger partial charge in [0.2, 0.25) is 11.8 Å². The Kier molecular flexibility index (Phi) is 3.94. The lowest BCUT2D eigenvalue weighted by atomic mass is 10.1. The number of carbonyl (C=O) groups is 3. The average Bonchev–Trinajstić information content (AvgIpc) is 2.79. The van der Waals surface area contributed by atoms with E-state index in [1.165, 1.54) is 0 Å². The van der Waals surface area contributed by atoms with Crippen LogP contribution in [0.15, 0.2) is 30.3 Å². The van der Waals surface area contributed by atoms with Gasteiger partial charge in [-0.15, -0.1) is 0 Å². The van der Waals surface area contributed by atoms with Gasteiger partial charge in [0.25, 0.3) is 0 Å². The first-order chi connectivity index (χ1) is 9.09. The number of carbonyl (C=O) groups excluding carboxylic acids is 2. The van der Waals surface area contributed by atoms with Crippen LogP contribution in [0.3, 0.4) is 0 Å². The first-order valence-corrected chi connectivity index (χ1v) is 6.21. The number of imide groups is 1. The van der Waals surface area contributed by atoms with Gasteiger partial charge in [-0.1, -0.05) is 30.3 Å². The predicted octanol–water partition coefficient (Wildman–Crippen LogP) is 1.22. The Balaban J connectivity index is 1.99. The van der Waals surface area contributed by atoms with Crippen LogP contribution < -0.4 is 0 Å². The van der Waals surface area contributed by atoms with Gasteiger partial charge in [0.05, 0.1) is 0 Å². The van der Waals surface area contributed by atoms with Crippen LogP contribution in [0.25, 0.3) is 0 Å². The van der Waals surface area contributed by atoms with Crippen LogP contribution in [0.4, 0.5) is 0 Å². The molecule has 0 aromatic heterocycles. The van der Waals surface area contributed by atoms with Crippen molar-refractivity contribution in [1.29, 1.82) is 0 Å². The number of aliphatic carboxylic acids is 1. The van der Waals surface area contributed by atoms with Gasteiger partial charge < -0.3 is 5.11 Å². The molecule has 0 aliphatic carbocycles. The van der Waals surface area contributed by atoms with E-state index in [0.717, 1.165) is 10.5 Å². The molecule has 1 aromatic carbocycles. The highest BCUT2D eigenvalue weighted by Gasteiger charge is 2.39. The van der Waals surface area contributed by atoms with Crippen molar-refractivity contribution in [3.63, 3.8) is 0 Å². The Morgan fingerprint density at radius 3 is 2.58 bits per heavy atom. The zero-order valence-electron chi connectivity index (χ0n) is 10.4. The minimum absolute atomic E-state index is 0.133. The first kappa shape index (κ1) is 13.3. The van der Waals surface area contributed by atoms with Gasteiger partial charge in [-0.25, -0.2) is 4.79 Å². The maximum absolute atomic E-state index is 12.0. The molecular formula is C14H15NO4. The van der Waals surface area contributed by atoms with Crippen LogP contribution >= 0.6 is 0 Å². The summed E-state index contributed by atoms with van der Waals surface area (Å²) in [6.45, 7) is 0.